The molecule has 1 aliphatic heterocycles. The van der Waals surface area contributed by atoms with Crippen LogP contribution in [0.4, 0.5) is 0 Å². The fraction of sp³-hybridized carbons (Fsp3) is 0.769. The molecule has 0 bridgehead atoms. The maximum absolute atomic E-state index is 12.5. The number of rotatable bonds is 3. The molecule has 3 rings (SSSR count). The van der Waals surface area contributed by atoms with Crippen molar-refractivity contribution in [2.75, 3.05) is 18.1 Å². The van der Waals surface area contributed by atoms with Crippen LogP contribution >= 0.6 is 11.8 Å². The first-order valence-corrected chi connectivity index (χ1v) is 8.31. The third-order valence-corrected chi connectivity index (χ3v) is 5.37. The number of hydrogen-bond acceptors (Lipinski definition) is 5. The van der Waals surface area contributed by atoms with E-state index in [9.17, 15) is 4.79 Å². The number of fused-ring (bicyclic) bond motifs is 1. The van der Waals surface area contributed by atoms with E-state index in [4.69, 9.17) is 5.84 Å². The lowest BCUT2D eigenvalue weighted by Crippen LogP contribution is -2.50. The maximum Gasteiger partial charge on any atom is 0.233 e. The van der Waals surface area contributed by atoms with E-state index in [1.54, 1.807) is 0 Å². The van der Waals surface area contributed by atoms with Gasteiger partial charge < -0.3 is 10.7 Å². The molecular formula is C13H21N5OS. The number of nitrogens with two attached hydrogens (primary N) is 1. The fourth-order valence-electron chi connectivity index (χ4n) is 3.48. The molecule has 0 radical (unpaired) electrons. The highest BCUT2D eigenvalue weighted by Crippen LogP contribution is 2.35. The number of thioether (sulfide) groups is 1. The van der Waals surface area contributed by atoms with E-state index < -0.39 is 0 Å². The zero-order valence-electron chi connectivity index (χ0n) is 11.6. The number of hydrogen-bond donors (Lipinski definition) is 1. The summed E-state index contributed by atoms with van der Waals surface area (Å²) in [4.78, 5) is 14.6. The first kappa shape index (κ1) is 13.7. The van der Waals surface area contributed by atoms with Crippen molar-refractivity contribution >= 4 is 17.7 Å². The van der Waals surface area contributed by atoms with Crippen LogP contribution in [0.2, 0.25) is 0 Å². The highest BCUT2D eigenvalue weighted by atomic mass is 32.2. The van der Waals surface area contributed by atoms with Gasteiger partial charge in [0.05, 0.1) is 5.75 Å². The monoisotopic (exact) mass is 295 g/mol. The Balaban J connectivity index is 1.59. The molecule has 1 saturated heterocycles. The molecule has 1 amide bonds. The van der Waals surface area contributed by atoms with Crippen molar-refractivity contribution in [3.63, 3.8) is 0 Å². The van der Waals surface area contributed by atoms with Gasteiger partial charge in [0.1, 0.15) is 6.33 Å². The van der Waals surface area contributed by atoms with Crippen molar-refractivity contribution in [3.05, 3.63) is 6.33 Å². The third kappa shape index (κ3) is 2.77. The van der Waals surface area contributed by atoms with Gasteiger partial charge in [-0.05, 0) is 31.6 Å². The van der Waals surface area contributed by atoms with Crippen LogP contribution in [0.1, 0.15) is 38.5 Å². The van der Waals surface area contributed by atoms with Gasteiger partial charge in [-0.2, -0.15) is 0 Å². The molecular weight excluding hydrogens is 274 g/mol. The number of carbonyl (C=O) groups excluding carboxylic acids is 1. The van der Waals surface area contributed by atoms with Gasteiger partial charge in [-0.15, -0.1) is 10.2 Å². The van der Waals surface area contributed by atoms with Gasteiger partial charge in [-0.3, -0.25) is 4.79 Å². The summed E-state index contributed by atoms with van der Waals surface area (Å²) in [5, 5.41) is 8.21. The van der Waals surface area contributed by atoms with E-state index >= 15 is 0 Å². The molecule has 7 heteroatoms. The molecule has 110 valence electrons. The molecule has 1 saturated carbocycles. The van der Waals surface area contributed by atoms with Crippen molar-refractivity contribution < 1.29 is 4.79 Å². The molecule has 1 aliphatic carbocycles. The second kappa shape index (κ2) is 6.03. The van der Waals surface area contributed by atoms with Crippen molar-refractivity contribution in [1.82, 2.24) is 19.8 Å². The Morgan fingerprint density at radius 3 is 2.95 bits per heavy atom. The Morgan fingerprint density at radius 1 is 1.35 bits per heavy atom. The standard InChI is InChI=1S/C13H21N5OS/c14-18-9-15-16-13(18)20-8-12(19)17-7-3-5-10-4-1-2-6-11(10)17/h9-11H,1-8,14H2/t10-,11-/m1/s1. The first-order chi connectivity index (χ1) is 9.75. The second-order valence-electron chi connectivity index (χ2n) is 5.65. The Bertz CT molecular complexity index is 475. The van der Waals surface area contributed by atoms with Crippen LogP contribution < -0.4 is 5.84 Å². The molecule has 2 atom stereocenters. The van der Waals surface area contributed by atoms with Gasteiger partial charge >= 0.3 is 0 Å². The first-order valence-electron chi connectivity index (χ1n) is 7.33. The summed E-state index contributed by atoms with van der Waals surface area (Å²) in [6, 6.07) is 0.473. The van der Waals surface area contributed by atoms with Crippen molar-refractivity contribution in [2.24, 2.45) is 5.92 Å². The molecule has 2 fully saturated rings. The number of carbonyl (C=O) groups is 1. The van der Waals surface area contributed by atoms with Gasteiger partial charge in [0.2, 0.25) is 11.1 Å². The minimum absolute atomic E-state index is 0.217. The molecule has 2 N–H and O–H groups in total. The highest BCUT2D eigenvalue weighted by Gasteiger charge is 2.35. The normalized spacial score (nSPS) is 26.3. The summed E-state index contributed by atoms with van der Waals surface area (Å²) >= 11 is 1.37. The SMILES string of the molecule is Nn1cnnc1SCC(=O)N1CCC[C@H]2CCCC[C@H]21. The summed E-state index contributed by atoms with van der Waals surface area (Å²) in [5.41, 5.74) is 0. The van der Waals surface area contributed by atoms with E-state index in [0.717, 1.165) is 18.9 Å². The summed E-state index contributed by atoms with van der Waals surface area (Å²) in [6.45, 7) is 0.913. The minimum atomic E-state index is 0.217. The number of likely N-dealkylation sites (tertiary alicyclic amines) is 1. The quantitative estimate of drug-likeness (QED) is 0.671. The highest BCUT2D eigenvalue weighted by molar-refractivity contribution is 7.99. The topological polar surface area (TPSA) is 77.0 Å². The Kier molecular flexibility index (Phi) is 4.14. The van der Waals surface area contributed by atoms with Crippen molar-refractivity contribution in [2.45, 2.75) is 49.7 Å². The molecule has 0 spiro atoms. The molecule has 2 aliphatic rings. The Labute approximate surface area is 123 Å². The summed E-state index contributed by atoms with van der Waals surface area (Å²) in [6.07, 6.45) is 8.94. The predicted molar refractivity (Wildman–Crippen MR) is 77.6 cm³/mol. The van der Waals surface area contributed by atoms with Crippen LogP contribution in [-0.2, 0) is 4.79 Å². The number of aromatic nitrogens is 3. The molecule has 2 heterocycles. The summed E-state index contributed by atoms with van der Waals surface area (Å²) < 4.78 is 1.36. The number of nitrogens with zero attached hydrogens (tertiary/aromatic N) is 4. The molecule has 6 nitrogen and oxygen atoms in total. The maximum atomic E-state index is 12.5. The lowest BCUT2D eigenvalue weighted by molar-refractivity contribution is -0.134. The Hall–Kier alpha value is -1.24. The largest absolute Gasteiger partial charge is 0.339 e. The van der Waals surface area contributed by atoms with Crippen LogP contribution in [0.3, 0.4) is 0 Å². The van der Waals surface area contributed by atoms with Crippen molar-refractivity contribution in [1.29, 1.82) is 0 Å². The predicted octanol–water partition coefficient (Wildman–Crippen LogP) is 1.27. The second-order valence-corrected chi connectivity index (χ2v) is 6.59. The average Bonchev–Trinajstić information content (AvgIpc) is 2.89. The third-order valence-electron chi connectivity index (χ3n) is 4.43. The number of nitrogen functional groups attached to an aromatic ring is 1. The molecule has 0 aromatic carbocycles. The van der Waals surface area contributed by atoms with Crippen LogP contribution in [-0.4, -0.2) is 44.0 Å². The molecule has 20 heavy (non-hydrogen) atoms. The number of amides is 1. The zero-order valence-corrected chi connectivity index (χ0v) is 12.4. The minimum Gasteiger partial charge on any atom is -0.339 e. The zero-order chi connectivity index (χ0) is 13.9. The summed E-state index contributed by atoms with van der Waals surface area (Å²) in [5.74, 6) is 7.00. The average molecular weight is 295 g/mol. The lowest BCUT2D eigenvalue weighted by Gasteiger charge is -2.44. The van der Waals surface area contributed by atoms with Crippen LogP contribution in [0.15, 0.2) is 11.5 Å². The van der Waals surface area contributed by atoms with E-state index in [0.29, 0.717) is 17.0 Å². The van der Waals surface area contributed by atoms with E-state index in [1.807, 2.05) is 0 Å². The smallest absolute Gasteiger partial charge is 0.233 e. The molecule has 0 unspecified atom stereocenters. The van der Waals surface area contributed by atoms with Crippen molar-refractivity contribution in [3.8, 4) is 0 Å². The summed E-state index contributed by atoms with van der Waals surface area (Å²) in [7, 11) is 0. The van der Waals surface area contributed by atoms with E-state index in [1.165, 1.54) is 54.9 Å². The van der Waals surface area contributed by atoms with E-state index in [-0.39, 0.29) is 5.91 Å². The van der Waals surface area contributed by atoms with Gasteiger partial charge in [0.25, 0.3) is 0 Å². The van der Waals surface area contributed by atoms with Gasteiger partial charge in [-0.25, -0.2) is 4.68 Å². The number of piperidine rings is 1. The fourth-order valence-corrected chi connectivity index (χ4v) is 4.20. The van der Waals surface area contributed by atoms with Crippen LogP contribution in [0, 0.1) is 5.92 Å². The molecule has 1 aromatic heterocycles. The molecule has 1 aromatic rings. The van der Waals surface area contributed by atoms with Gasteiger partial charge in [-0.1, -0.05) is 24.6 Å². The lowest BCUT2D eigenvalue weighted by atomic mass is 9.78. The van der Waals surface area contributed by atoms with Crippen LogP contribution in [0.5, 0.6) is 0 Å². The van der Waals surface area contributed by atoms with Gasteiger partial charge in [0, 0.05) is 12.6 Å². The van der Waals surface area contributed by atoms with E-state index in [2.05, 4.69) is 15.1 Å². The van der Waals surface area contributed by atoms with Crippen LogP contribution in [0.25, 0.3) is 0 Å². The van der Waals surface area contributed by atoms with Gasteiger partial charge in [0.15, 0.2) is 0 Å². The Morgan fingerprint density at radius 2 is 2.15 bits per heavy atom.